The van der Waals surface area contributed by atoms with Gasteiger partial charge in [-0.2, -0.15) is 0 Å². The minimum absolute atomic E-state index is 0.0741. The van der Waals surface area contributed by atoms with Crippen LogP contribution in [0.4, 0.5) is 5.69 Å². The van der Waals surface area contributed by atoms with Gasteiger partial charge in [-0.05, 0) is 19.1 Å². The highest BCUT2D eigenvalue weighted by Crippen LogP contribution is 2.27. The lowest BCUT2D eigenvalue weighted by molar-refractivity contribution is -0.107. The molecule has 0 atom stereocenters. The smallest absolute Gasteiger partial charge is 0.219 e. The second-order valence-corrected chi connectivity index (χ2v) is 5.86. The van der Waals surface area contributed by atoms with Gasteiger partial charge in [0.05, 0.1) is 5.75 Å². The minimum atomic E-state index is -3.48. The van der Waals surface area contributed by atoms with Crippen molar-refractivity contribution in [1.82, 2.24) is 0 Å². The summed E-state index contributed by atoms with van der Waals surface area (Å²) in [5, 5.41) is -0.0741. The lowest BCUT2D eigenvalue weighted by Crippen LogP contribution is -2.33. The van der Waals surface area contributed by atoms with Crippen molar-refractivity contribution in [3.8, 4) is 0 Å². The van der Waals surface area contributed by atoms with E-state index in [1.165, 1.54) is 0 Å². The Morgan fingerprint density at radius 1 is 1.28 bits per heavy atom. The van der Waals surface area contributed by atoms with E-state index in [9.17, 15) is 13.2 Å². The molecule has 0 aromatic heterocycles. The monoisotopic (exact) mass is 267 g/mol. The van der Waals surface area contributed by atoms with Crippen LogP contribution in [0.2, 0.25) is 0 Å². The second-order valence-electron chi connectivity index (χ2n) is 3.84. The largest absolute Gasteiger partial charge is 0.494 e. The third-order valence-corrected chi connectivity index (χ3v) is 4.40. The number of carbonyl (C=O) groups excluding carboxylic acids is 1. The van der Waals surface area contributed by atoms with Gasteiger partial charge >= 0.3 is 0 Å². The highest BCUT2D eigenvalue weighted by Gasteiger charge is 2.31. The van der Waals surface area contributed by atoms with Crippen LogP contribution in [0, 0.1) is 0 Å². The van der Waals surface area contributed by atoms with Crippen LogP contribution in [-0.2, 0) is 19.4 Å². The summed E-state index contributed by atoms with van der Waals surface area (Å²) in [6, 6.07) is 8.59. The second kappa shape index (κ2) is 4.81. The summed E-state index contributed by atoms with van der Waals surface area (Å²) in [6.07, 6.45) is 0.487. The minimum Gasteiger partial charge on any atom is -0.494 e. The number of para-hydroxylation sites is 1. The molecule has 18 heavy (non-hydrogen) atoms. The van der Waals surface area contributed by atoms with E-state index in [0.717, 1.165) is 4.90 Å². The number of hydrogen-bond donors (Lipinski definition) is 0. The van der Waals surface area contributed by atoms with E-state index >= 15 is 0 Å². The zero-order valence-electron chi connectivity index (χ0n) is 9.87. The van der Waals surface area contributed by atoms with E-state index in [0.29, 0.717) is 12.1 Å². The number of ether oxygens (including phenoxy) is 1. The van der Waals surface area contributed by atoms with Gasteiger partial charge in [0.25, 0.3) is 0 Å². The first-order chi connectivity index (χ1) is 8.56. The van der Waals surface area contributed by atoms with Gasteiger partial charge in [0, 0.05) is 5.69 Å². The van der Waals surface area contributed by atoms with Gasteiger partial charge in [-0.3, -0.25) is 9.69 Å². The number of amides is 1. The maximum Gasteiger partial charge on any atom is 0.219 e. The fourth-order valence-electron chi connectivity index (χ4n) is 1.82. The van der Waals surface area contributed by atoms with Gasteiger partial charge in [-0.1, -0.05) is 18.2 Å². The van der Waals surface area contributed by atoms with Crippen LogP contribution in [0.15, 0.2) is 41.1 Å². The first-order valence-electron chi connectivity index (χ1n) is 5.42. The van der Waals surface area contributed by atoms with Crippen LogP contribution < -0.4 is 4.90 Å². The maximum atomic E-state index is 12.0. The molecule has 0 aliphatic carbocycles. The molecule has 1 aromatic rings. The van der Waals surface area contributed by atoms with E-state index in [-0.39, 0.29) is 23.1 Å². The van der Waals surface area contributed by atoms with Crippen molar-refractivity contribution >= 4 is 21.9 Å². The van der Waals surface area contributed by atoms with E-state index in [2.05, 4.69) is 0 Å². The van der Waals surface area contributed by atoms with Crippen LogP contribution in [0.5, 0.6) is 0 Å². The molecule has 0 radical (unpaired) electrons. The number of nitrogens with zero attached hydrogens (tertiary/aromatic N) is 1. The highest BCUT2D eigenvalue weighted by molar-refractivity contribution is 7.95. The summed E-state index contributed by atoms with van der Waals surface area (Å²) >= 11 is 0. The van der Waals surface area contributed by atoms with Crippen LogP contribution in [0.25, 0.3) is 0 Å². The Morgan fingerprint density at radius 2 is 1.94 bits per heavy atom. The van der Waals surface area contributed by atoms with E-state index in [4.69, 9.17) is 4.74 Å². The predicted molar refractivity (Wildman–Crippen MR) is 67.4 cm³/mol. The van der Waals surface area contributed by atoms with Crippen molar-refractivity contribution in [1.29, 1.82) is 0 Å². The van der Waals surface area contributed by atoms with Crippen molar-refractivity contribution in [3.63, 3.8) is 0 Å². The van der Waals surface area contributed by atoms with Crippen LogP contribution in [0.3, 0.4) is 0 Å². The average molecular weight is 267 g/mol. The van der Waals surface area contributed by atoms with Crippen LogP contribution >= 0.6 is 0 Å². The summed E-state index contributed by atoms with van der Waals surface area (Å²) < 4.78 is 29.3. The zero-order chi connectivity index (χ0) is 13.2. The number of carbonyl (C=O) groups is 1. The molecule has 0 bridgehead atoms. The molecule has 1 amide bonds. The first kappa shape index (κ1) is 12.6. The summed E-state index contributed by atoms with van der Waals surface area (Å²) in [5.74, 6) is 0.133. The molecular formula is C12H13NO4S. The molecule has 0 saturated heterocycles. The molecule has 5 nitrogen and oxygen atoms in total. The Hall–Kier alpha value is -1.82. The Balaban J connectivity index is 2.54. The number of rotatable bonds is 3. The topological polar surface area (TPSA) is 63.7 Å². The standard InChI is InChI=1S/C12H13NO4S/c1-10-12(18(15,16)8-7-17-10)13(9-14)11-5-3-2-4-6-11/h2-6,9H,7-8H2,1H3. The lowest BCUT2D eigenvalue weighted by Gasteiger charge is -2.26. The molecule has 1 heterocycles. The van der Waals surface area contributed by atoms with Gasteiger partial charge in [-0.15, -0.1) is 0 Å². The SMILES string of the molecule is CC1=C(N(C=O)c2ccccc2)S(=O)(=O)CCO1. The lowest BCUT2D eigenvalue weighted by atomic mass is 10.3. The summed E-state index contributed by atoms with van der Waals surface area (Å²) in [6.45, 7) is 1.67. The van der Waals surface area contributed by atoms with Gasteiger partial charge in [0.2, 0.25) is 16.2 Å². The molecule has 0 fully saturated rings. The molecule has 2 rings (SSSR count). The van der Waals surface area contributed by atoms with Crippen LogP contribution in [-0.4, -0.2) is 27.2 Å². The predicted octanol–water partition coefficient (Wildman–Crippen LogP) is 1.28. The van der Waals surface area contributed by atoms with Crippen LogP contribution in [0.1, 0.15) is 6.92 Å². The number of sulfone groups is 1. The maximum absolute atomic E-state index is 12.0. The molecular weight excluding hydrogens is 254 g/mol. The zero-order valence-corrected chi connectivity index (χ0v) is 10.7. The number of benzene rings is 1. The Morgan fingerprint density at radius 3 is 2.50 bits per heavy atom. The fourth-order valence-corrected chi connectivity index (χ4v) is 3.26. The summed E-state index contributed by atoms with van der Waals surface area (Å²) in [7, 11) is -3.48. The fraction of sp³-hybridized carbons (Fsp3) is 0.250. The summed E-state index contributed by atoms with van der Waals surface area (Å²) in [4.78, 5) is 12.3. The van der Waals surface area contributed by atoms with E-state index in [1.807, 2.05) is 0 Å². The molecule has 0 spiro atoms. The summed E-state index contributed by atoms with van der Waals surface area (Å²) in [5.41, 5.74) is 0.496. The number of allylic oxidation sites excluding steroid dienone is 1. The number of hydrogen-bond acceptors (Lipinski definition) is 4. The first-order valence-corrected chi connectivity index (χ1v) is 7.07. The Kier molecular flexibility index (Phi) is 3.38. The van der Waals surface area contributed by atoms with Crippen molar-refractivity contribution < 1.29 is 17.9 Å². The molecule has 1 aliphatic rings. The molecule has 1 aliphatic heterocycles. The molecule has 0 saturated carbocycles. The molecule has 96 valence electrons. The normalized spacial score (nSPS) is 18.1. The third kappa shape index (κ3) is 2.24. The molecule has 6 heteroatoms. The van der Waals surface area contributed by atoms with Crippen molar-refractivity contribution in [2.75, 3.05) is 17.3 Å². The Labute approximate surface area is 106 Å². The molecule has 1 aromatic carbocycles. The van der Waals surface area contributed by atoms with Gasteiger partial charge < -0.3 is 4.74 Å². The van der Waals surface area contributed by atoms with E-state index in [1.54, 1.807) is 37.3 Å². The molecule has 0 unspecified atom stereocenters. The van der Waals surface area contributed by atoms with Gasteiger partial charge in [0.1, 0.15) is 12.4 Å². The van der Waals surface area contributed by atoms with E-state index < -0.39 is 9.84 Å². The molecule has 0 N–H and O–H groups in total. The van der Waals surface area contributed by atoms with Gasteiger partial charge in [-0.25, -0.2) is 8.42 Å². The highest BCUT2D eigenvalue weighted by atomic mass is 32.2. The number of anilines is 1. The van der Waals surface area contributed by atoms with Crippen molar-refractivity contribution in [2.45, 2.75) is 6.92 Å². The van der Waals surface area contributed by atoms with Crippen molar-refractivity contribution in [3.05, 3.63) is 41.1 Å². The average Bonchev–Trinajstić information content (AvgIpc) is 2.34. The Bertz CT molecular complexity index is 577. The van der Waals surface area contributed by atoms with Gasteiger partial charge in [0.15, 0.2) is 5.03 Å². The quantitative estimate of drug-likeness (QED) is 0.774. The third-order valence-electron chi connectivity index (χ3n) is 2.62. The van der Waals surface area contributed by atoms with Crippen molar-refractivity contribution in [2.24, 2.45) is 0 Å².